The first-order chi connectivity index (χ1) is 7.59. The molecule has 0 bridgehead atoms. The Bertz CT molecular complexity index is 375. The van der Waals surface area contributed by atoms with Crippen LogP contribution in [0.3, 0.4) is 0 Å². The average Bonchev–Trinajstić information content (AvgIpc) is 2.64. The van der Waals surface area contributed by atoms with Crippen molar-refractivity contribution in [3.05, 3.63) is 23.2 Å². The van der Waals surface area contributed by atoms with Crippen molar-refractivity contribution in [1.82, 2.24) is 0 Å². The van der Waals surface area contributed by atoms with E-state index in [0.29, 0.717) is 10.7 Å². The van der Waals surface area contributed by atoms with Crippen LogP contribution in [0.15, 0.2) is 18.2 Å². The average molecular weight is 241 g/mol. The van der Waals surface area contributed by atoms with Gasteiger partial charge in [0.25, 0.3) is 0 Å². The first kappa shape index (κ1) is 11.6. The van der Waals surface area contributed by atoms with E-state index in [0.717, 1.165) is 31.7 Å². The molecular weight excluding hydrogens is 224 g/mol. The Labute approximate surface area is 101 Å². The highest BCUT2D eigenvalue weighted by Crippen LogP contribution is 2.28. The summed E-state index contributed by atoms with van der Waals surface area (Å²) in [5, 5.41) is 3.96. The number of nitrogens with one attached hydrogen (secondary N) is 1. The minimum Gasteiger partial charge on any atom is -0.399 e. The predicted molar refractivity (Wildman–Crippen MR) is 67.9 cm³/mol. The second kappa shape index (κ2) is 4.52. The molecule has 1 fully saturated rings. The molecule has 1 saturated heterocycles. The molecule has 1 heterocycles. The molecule has 0 amide bonds. The van der Waals surface area contributed by atoms with Gasteiger partial charge in [-0.2, -0.15) is 0 Å². The summed E-state index contributed by atoms with van der Waals surface area (Å²) in [4.78, 5) is 0. The zero-order chi connectivity index (χ0) is 11.6. The number of hydrogen-bond acceptors (Lipinski definition) is 3. The van der Waals surface area contributed by atoms with Gasteiger partial charge in [-0.15, -0.1) is 0 Å². The molecule has 1 aromatic carbocycles. The Kier molecular flexibility index (Phi) is 3.26. The number of hydrogen-bond donors (Lipinski definition) is 2. The van der Waals surface area contributed by atoms with E-state index in [1.165, 1.54) is 0 Å². The zero-order valence-corrected chi connectivity index (χ0v) is 10.2. The third kappa shape index (κ3) is 2.60. The third-order valence-corrected chi connectivity index (χ3v) is 3.26. The van der Waals surface area contributed by atoms with Crippen LogP contribution in [0.2, 0.25) is 5.02 Å². The van der Waals surface area contributed by atoms with Gasteiger partial charge in [0, 0.05) is 18.8 Å². The zero-order valence-electron chi connectivity index (χ0n) is 9.42. The van der Waals surface area contributed by atoms with Crippen LogP contribution in [0.25, 0.3) is 0 Å². The van der Waals surface area contributed by atoms with Gasteiger partial charge in [0.1, 0.15) is 0 Å². The van der Waals surface area contributed by atoms with E-state index in [1.807, 2.05) is 12.1 Å². The molecule has 0 radical (unpaired) electrons. The number of halogens is 1. The van der Waals surface area contributed by atoms with E-state index in [9.17, 15) is 0 Å². The van der Waals surface area contributed by atoms with Crippen molar-refractivity contribution in [2.24, 2.45) is 0 Å². The molecule has 0 aliphatic carbocycles. The van der Waals surface area contributed by atoms with Gasteiger partial charge in [-0.1, -0.05) is 11.6 Å². The Hall–Kier alpha value is -0.930. The van der Waals surface area contributed by atoms with Crippen LogP contribution in [0.4, 0.5) is 11.4 Å². The lowest BCUT2D eigenvalue weighted by Crippen LogP contribution is -2.32. The van der Waals surface area contributed by atoms with Crippen molar-refractivity contribution in [3.8, 4) is 0 Å². The number of nitrogen functional groups attached to an aromatic ring is 1. The highest BCUT2D eigenvalue weighted by atomic mass is 35.5. The predicted octanol–water partition coefficient (Wildman–Crippen LogP) is 2.90. The van der Waals surface area contributed by atoms with Crippen LogP contribution in [0.5, 0.6) is 0 Å². The van der Waals surface area contributed by atoms with Crippen molar-refractivity contribution in [2.45, 2.75) is 25.4 Å². The topological polar surface area (TPSA) is 47.3 Å². The molecular formula is C12H17ClN2O. The molecule has 1 aliphatic rings. The fourth-order valence-corrected chi connectivity index (χ4v) is 2.19. The lowest BCUT2D eigenvalue weighted by Gasteiger charge is -2.24. The summed E-state index contributed by atoms with van der Waals surface area (Å²) in [5.41, 5.74) is 7.16. The van der Waals surface area contributed by atoms with Crippen molar-refractivity contribution in [1.29, 1.82) is 0 Å². The highest BCUT2D eigenvalue weighted by molar-refractivity contribution is 6.33. The first-order valence-electron chi connectivity index (χ1n) is 5.52. The summed E-state index contributed by atoms with van der Waals surface area (Å²) in [6, 6.07) is 5.49. The molecule has 1 aromatic rings. The molecule has 0 saturated carbocycles. The highest BCUT2D eigenvalue weighted by Gasteiger charge is 2.29. The molecule has 1 atom stereocenters. The summed E-state index contributed by atoms with van der Waals surface area (Å²) < 4.78 is 5.70. The lowest BCUT2D eigenvalue weighted by atomic mass is 10.0. The van der Waals surface area contributed by atoms with Gasteiger partial charge >= 0.3 is 0 Å². The second-order valence-electron chi connectivity index (χ2n) is 4.49. The summed E-state index contributed by atoms with van der Waals surface area (Å²) in [5.74, 6) is 0. The Balaban J connectivity index is 1.99. The number of anilines is 2. The molecule has 16 heavy (non-hydrogen) atoms. The SMILES string of the molecule is CC1(CNc2ccc(N)cc2Cl)CCCO1. The number of benzene rings is 1. The van der Waals surface area contributed by atoms with E-state index in [1.54, 1.807) is 6.07 Å². The maximum absolute atomic E-state index is 6.08. The molecule has 88 valence electrons. The summed E-state index contributed by atoms with van der Waals surface area (Å²) in [6.45, 7) is 3.75. The van der Waals surface area contributed by atoms with Crippen molar-refractivity contribution < 1.29 is 4.74 Å². The van der Waals surface area contributed by atoms with E-state index in [-0.39, 0.29) is 5.60 Å². The van der Waals surface area contributed by atoms with E-state index in [4.69, 9.17) is 22.1 Å². The van der Waals surface area contributed by atoms with Crippen LogP contribution >= 0.6 is 11.6 Å². The monoisotopic (exact) mass is 240 g/mol. The van der Waals surface area contributed by atoms with Crippen LogP contribution in [-0.2, 0) is 4.74 Å². The van der Waals surface area contributed by atoms with Gasteiger partial charge in [0.05, 0.1) is 16.3 Å². The molecule has 0 aromatic heterocycles. The van der Waals surface area contributed by atoms with Crippen molar-refractivity contribution in [3.63, 3.8) is 0 Å². The van der Waals surface area contributed by atoms with Gasteiger partial charge in [-0.3, -0.25) is 0 Å². The fraction of sp³-hybridized carbons (Fsp3) is 0.500. The van der Waals surface area contributed by atoms with Crippen LogP contribution in [0.1, 0.15) is 19.8 Å². The van der Waals surface area contributed by atoms with Crippen molar-refractivity contribution in [2.75, 3.05) is 24.2 Å². The Morgan fingerprint density at radius 1 is 1.56 bits per heavy atom. The minimum atomic E-state index is -0.0648. The van der Waals surface area contributed by atoms with Crippen LogP contribution in [0, 0.1) is 0 Å². The maximum Gasteiger partial charge on any atom is 0.0826 e. The summed E-state index contributed by atoms with van der Waals surface area (Å²) in [7, 11) is 0. The van der Waals surface area contributed by atoms with Gasteiger partial charge in [-0.05, 0) is 38.0 Å². The lowest BCUT2D eigenvalue weighted by molar-refractivity contribution is 0.0315. The number of nitrogens with two attached hydrogens (primary N) is 1. The van der Waals surface area contributed by atoms with E-state index >= 15 is 0 Å². The Morgan fingerprint density at radius 3 is 3.00 bits per heavy atom. The van der Waals surface area contributed by atoms with Crippen molar-refractivity contribution >= 4 is 23.0 Å². The minimum absolute atomic E-state index is 0.0648. The van der Waals surface area contributed by atoms with Gasteiger partial charge in [0.2, 0.25) is 0 Å². The fourth-order valence-electron chi connectivity index (χ4n) is 1.93. The standard InChI is InChI=1S/C12H17ClN2O/c1-12(5-2-6-16-12)8-15-11-4-3-9(14)7-10(11)13/h3-4,7,15H,2,5-6,8,14H2,1H3. The molecule has 4 heteroatoms. The van der Waals surface area contributed by atoms with Crippen LogP contribution in [-0.4, -0.2) is 18.8 Å². The van der Waals surface area contributed by atoms with Gasteiger partial charge in [0.15, 0.2) is 0 Å². The third-order valence-electron chi connectivity index (χ3n) is 2.95. The number of ether oxygens (including phenoxy) is 1. The quantitative estimate of drug-likeness (QED) is 0.799. The molecule has 0 spiro atoms. The van der Waals surface area contributed by atoms with E-state index in [2.05, 4.69) is 12.2 Å². The second-order valence-corrected chi connectivity index (χ2v) is 4.90. The van der Waals surface area contributed by atoms with Gasteiger partial charge in [-0.25, -0.2) is 0 Å². The van der Waals surface area contributed by atoms with Gasteiger partial charge < -0.3 is 15.8 Å². The summed E-state index contributed by atoms with van der Waals surface area (Å²) in [6.07, 6.45) is 2.22. The summed E-state index contributed by atoms with van der Waals surface area (Å²) >= 11 is 6.08. The molecule has 3 N–H and O–H groups in total. The molecule has 1 unspecified atom stereocenters. The normalized spacial score (nSPS) is 24.6. The largest absolute Gasteiger partial charge is 0.399 e. The smallest absolute Gasteiger partial charge is 0.0826 e. The molecule has 2 rings (SSSR count). The number of rotatable bonds is 3. The molecule has 1 aliphatic heterocycles. The maximum atomic E-state index is 6.08. The molecule has 3 nitrogen and oxygen atoms in total. The Morgan fingerprint density at radius 2 is 2.38 bits per heavy atom. The van der Waals surface area contributed by atoms with E-state index < -0.39 is 0 Å². The first-order valence-corrected chi connectivity index (χ1v) is 5.90. The van der Waals surface area contributed by atoms with Crippen LogP contribution < -0.4 is 11.1 Å².